The number of benzene rings is 1. The van der Waals surface area contributed by atoms with E-state index in [1.807, 2.05) is 0 Å². The Hall–Kier alpha value is -1.02. The quantitative estimate of drug-likeness (QED) is 0.808. The lowest BCUT2D eigenvalue weighted by molar-refractivity contribution is 0.441. The molecule has 0 aromatic heterocycles. The van der Waals surface area contributed by atoms with Crippen molar-refractivity contribution in [1.29, 1.82) is 0 Å². The maximum Gasteiger partial charge on any atom is 0.0401 e. The highest BCUT2D eigenvalue weighted by Gasteiger charge is 2.24. The fourth-order valence-electron chi connectivity index (χ4n) is 3.23. The normalized spacial score (nSPS) is 19.8. The van der Waals surface area contributed by atoms with E-state index >= 15 is 0 Å². The van der Waals surface area contributed by atoms with Crippen molar-refractivity contribution in [2.75, 3.05) is 18.0 Å². The minimum Gasteiger partial charge on any atom is -0.367 e. The molecule has 1 aromatic carbocycles. The summed E-state index contributed by atoms with van der Waals surface area (Å²) >= 11 is 0. The second-order valence-corrected chi connectivity index (χ2v) is 6.11. The molecule has 0 saturated carbocycles. The highest BCUT2D eigenvalue weighted by Crippen LogP contribution is 2.30. The molecule has 20 heavy (non-hydrogen) atoms. The molecule has 1 aliphatic rings. The van der Waals surface area contributed by atoms with E-state index in [1.54, 1.807) is 0 Å². The Labute approximate surface area is 124 Å². The average Bonchev–Trinajstić information content (AvgIpc) is 2.47. The van der Waals surface area contributed by atoms with Gasteiger partial charge in [-0.1, -0.05) is 38.5 Å². The Kier molecular flexibility index (Phi) is 5.90. The molecule has 0 saturated heterocycles. The summed E-state index contributed by atoms with van der Waals surface area (Å²) < 4.78 is 0. The Balaban J connectivity index is 2.09. The molecule has 1 heterocycles. The molecule has 0 spiro atoms. The fraction of sp³-hybridized carbons (Fsp3) is 0.667. The van der Waals surface area contributed by atoms with Crippen LogP contribution in [0.3, 0.4) is 0 Å². The van der Waals surface area contributed by atoms with Gasteiger partial charge in [-0.3, -0.25) is 0 Å². The van der Waals surface area contributed by atoms with Gasteiger partial charge >= 0.3 is 0 Å². The van der Waals surface area contributed by atoms with Gasteiger partial charge in [-0.2, -0.15) is 0 Å². The van der Waals surface area contributed by atoms with Gasteiger partial charge in [0, 0.05) is 24.3 Å². The Bertz CT molecular complexity index is 402. The van der Waals surface area contributed by atoms with Crippen LogP contribution in [0.15, 0.2) is 24.3 Å². The zero-order valence-corrected chi connectivity index (χ0v) is 13.4. The first-order valence-electron chi connectivity index (χ1n) is 8.34. The van der Waals surface area contributed by atoms with Crippen molar-refractivity contribution in [2.45, 2.75) is 65.0 Å². The second-order valence-electron chi connectivity index (χ2n) is 6.11. The van der Waals surface area contributed by atoms with Crippen LogP contribution in [0.5, 0.6) is 0 Å². The van der Waals surface area contributed by atoms with Crippen molar-refractivity contribution < 1.29 is 0 Å². The third-order valence-electron chi connectivity index (χ3n) is 4.40. The lowest BCUT2D eigenvalue weighted by atomic mass is 9.95. The Morgan fingerprint density at radius 3 is 2.80 bits per heavy atom. The Morgan fingerprint density at radius 1 is 1.25 bits per heavy atom. The molecule has 0 bridgehead atoms. The summed E-state index contributed by atoms with van der Waals surface area (Å²) in [5, 5.41) is 3.73. The van der Waals surface area contributed by atoms with E-state index in [2.05, 4.69) is 55.3 Å². The van der Waals surface area contributed by atoms with E-state index < -0.39 is 0 Å². The van der Waals surface area contributed by atoms with Crippen LogP contribution in [0.25, 0.3) is 0 Å². The van der Waals surface area contributed by atoms with E-state index in [4.69, 9.17) is 0 Å². The summed E-state index contributed by atoms with van der Waals surface area (Å²) in [6.45, 7) is 9.18. The maximum atomic E-state index is 3.73. The molecule has 112 valence electrons. The maximum absolute atomic E-state index is 3.73. The summed E-state index contributed by atoms with van der Waals surface area (Å²) in [7, 11) is 0. The third kappa shape index (κ3) is 3.76. The van der Waals surface area contributed by atoms with Crippen molar-refractivity contribution in [3.05, 3.63) is 29.8 Å². The van der Waals surface area contributed by atoms with Crippen LogP contribution in [-0.2, 0) is 6.42 Å². The molecule has 0 fully saturated rings. The standard InChI is InChI=1S/C18H30N2/c1-4-8-17(19-13-5-2)14-20-15(3)11-12-16-9-6-7-10-18(16)20/h6-7,9-10,15,17,19H,4-5,8,11-14H2,1-3H3. The van der Waals surface area contributed by atoms with Crippen molar-refractivity contribution in [2.24, 2.45) is 0 Å². The molecular formula is C18H30N2. The number of nitrogens with one attached hydrogen (secondary N) is 1. The van der Waals surface area contributed by atoms with Gasteiger partial charge in [0.05, 0.1) is 0 Å². The molecule has 0 amide bonds. The number of anilines is 1. The first kappa shape index (κ1) is 15.4. The molecule has 2 unspecified atom stereocenters. The SMILES string of the molecule is CCCNC(CCC)CN1c2ccccc2CCC1C. The number of hydrogen-bond acceptors (Lipinski definition) is 2. The molecule has 1 aromatic rings. The lowest BCUT2D eigenvalue weighted by Gasteiger charge is -2.39. The van der Waals surface area contributed by atoms with Crippen LogP contribution in [0, 0.1) is 0 Å². The summed E-state index contributed by atoms with van der Waals surface area (Å²) in [6.07, 6.45) is 6.25. The van der Waals surface area contributed by atoms with E-state index in [0.717, 1.165) is 13.1 Å². The summed E-state index contributed by atoms with van der Waals surface area (Å²) in [6, 6.07) is 10.2. The van der Waals surface area contributed by atoms with Gasteiger partial charge in [-0.05, 0) is 50.8 Å². The highest BCUT2D eigenvalue weighted by molar-refractivity contribution is 5.56. The molecule has 2 rings (SSSR count). The van der Waals surface area contributed by atoms with Crippen LogP contribution in [-0.4, -0.2) is 25.2 Å². The Morgan fingerprint density at radius 2 is 2.05 bits per heavy atom. The zero-order chi connectivity index (χ0) is 14.4. The molecular weight excluding hydrogens is 244 g/mol. The first-order chi connectivity index (χ1) is 9.76. The van der Waals surface area contributed by atoms with Gasteiger partial charge in [0.15, 0.2) is 0 Å². The molecule has 0 radical (unpaired) electrons. The van der Waals surface area contributed by atoms with E-state index in [0.29, 0.717) is 12.1 Å². The summed E-state index contributed by atoms with van der Waals surface area (Å²) in [5.41, 5.74) is 2.99. The monoisotopic (exact) mass is 274 g/mol. The van der Waals surface area contributed by atoms with Gasteiger partial charge in [0.2, 0.25) is 0 Å². The van der Waals surface area contributed by atoms with Crippen molar-refractivity contribution in [3.63, 3.8) is 0 Å². The number of aryl methyl sites for hydroxylation is 1. The average molecular weight is 274 g/mol. The van der Waals surface area contributed by atoms with Gasteiger partial charge in [-0.25, -0.2) is 0 Å². The summed E-state index contributed by atoms with van der Waals surface area (Å²) in [5.74, 6) is 0. The van der Waals surface area contributed by atoms with Gasteiger partial charge in [-0.15, -0.1) is 0 Å². The lowest BCUT2D eigenvalue weighted by Crippen LogP contribution is -2.47. The number of rotatable bonds is 7. The second kappa shape index (κ2) is 7.68. The van der Waals surface area contributed by atoms with Gasteiger partial charge in [0.1, 0.15) is 0 Å². The molecule has 1 aliphatic heterocycles. The molecule has 2 atom stereocenters. The first-order valence-corrected chi connectivity index (χ1v) is 8.34. The largest absolute Gasteiger partial charge is 0.367 e. The summed E-state index contributed by atoms with van der Waals surface area (Å²) in [4.78, 5) is 2.63. The fourth-order valence-corrected chi connectivity index (χ4v) is 3.23. The smallest absolute Gasteiger partial charge is 0.0401 e. The number of fused-ring (bicyclic) bond motifs is 1. The van der Waals surface area contributed by atoms with Crippen LogP contribution in [0.1, 0.15) is 52.0 Å². The van der Waals surface area contributed by atoms with Gasteiger partial charge < -0.3 is 10.2 Å². The van der Waals surface area contributed by atoms with Crippen LogP contribution in [0.2, 0.25) is 0 Å². The molecule has 0 aliphatic carbocycles. The van der Waals surface area contributed by atoms with Crippen LogP contribution < -0.4 is 10.2 Å². The zero-order valence-electron chi connectivity index (χ0n) is 13.4. The number of nitrogens with zero attached hydrogens (tertiary/aromatic N) is 1. The van der Waals surface area contributed by atoms with E-state index in [-0.39, 0.29) is 0 Å². The van der Waals surface area contributed by atoms with E-state index in [9.17, 15) is 0 Å². The predicted octanol–water partition coefficient (Wildman–Crippen LogP) is 4.00. The topological polar surface area (TPSA) is 15.3 Å². The van der Waals surface area contributed by atoms with Crippen LogP contribution in [0.4, 0.5) is 5.69 Å². The highest BCUT2D eigenvalue weighted by atomic mass is 15.2. The van der Waals surface area contributed by atoms with Crippen LogP contribution >= 0.6 is 0 Å². The van der Waals surface area contributed by atoms with Crippen molar-refractivity contribution in [3.8, 4) is 0 Å². The molecule has 1 N–H and O–H groups in total. The number of para-hydroxylation sites is 1. The van der Waals surface area contributed by atoms with Crippen molar-refractivity contribution in [1.82, 2.24) is 5.32 Å². The van der Waals surface area contributed by atoms with Gasteiger partial charge in [0.25, 0.3) is 0 Å². The van der Waals surface area contributed by atoms with E-state index in [1.165, 1.54) is 43.4 Å². The predicted molar refractivity (Wildman–Crippen MR) is 88.6 cm³/mol. The minimum atomic E-state index is 0.619. The molecule has 2 heteroatoms. The van der Waals surface area contributed by atoms with Crippen molar-refractivity contribution >= 4 is 5.69 Å². The number of hydrogen-bond donors (Lipinski definition) is 1. The third-order valence-corrected chi connectivity index (χ3v) is 4.40. The molecule has 2 nitrogen and oxygen atoms in total. The minimum absolute atomic E-state index is 0.619.